The van der Waals surface area contributed by atoms with E-state index in [0.717, 1.165) is 12.8 Å². The molecule has 2 atom stereocenters. The van der Waals surface area contributed by atoms with Gasteiger partial charge in [0.2, 0.25) is 0 Å². The van der Waals surface area contributed by atoms with Crippen LogP contribution in [0.2, 0.25) is 0 Å². The summed E-state index contributed by atoms with van der Waals surface area (Å²) in [4.78, 5) is 10.5. The standard InChI is InChI=1S/C11H22FNO2/c1-9(11(14)15)5-3-6-10(2)13-8-4-7-12/h9-10,13H,3-8H2,1-2H3,(H,14,15). The van der Waals surface area contributed by atoms with E-state index in [-0.39, 0.29) is 12.6 Å². The number of carbonyl (C=O) groups is 1. The molecular formula is C11H22FNO2. The molecule has 3 nitrogen and oxygen atoms in total. The minimum atomic E-state index is -0.729. The summed E-state index contributed by atoms with van der Waals surface area (Å²) in [6.07, 6.45) is 3.11. The predicted octanol–water partition coefficient (Wildman–Crippen LogP) is 2.22. The Labute approximate surface area is 91.1 Å². The monoisotopic (exact) mass is 219 g/mol. The highest BCUT2D eigenvalue weighted by Gasteiger charge is 2.10. The van der Waals surface area contributed by atoms with Crippen LogP contribution in [-0.4, -0.2) is 30.3 Å². The van der Waals surface area contributed by atoms with Crippen LogP contribution in [0.1, 0.15) is 39.5 Å². The molecule has 0 saturated heterocycles. The molecule has 0 saturated carbocycles. The van der Waals surface area contributed by atoms with Crippen LogP contribution in [0.4, 0.5) is 4.39 Å². The van der Waals surface area contributed by atoms with E-state index in [2.05, 4.69) is 5.32 Å². The second kappa shape index (κ2) is 8.65. The Bertz CT molecular complexity index is 176. The smallest absolute Gasteiger partial charge is 0.306 e. The van der Waals surface area contributed by atoms with E-state index in [0.29, 0.717) is 25.4 Å². The number of hydrogen-bond donors (Lipinski definition) is 2. The third-order valence-electron chi connectivity index (χ3n) is 2.50. The van der Waals surface area contributed by atoms with Gasteiger partial charge in [-0.25, -0.2) is 0 Å². The zero-order chi connectivity index (χ0) is 11.7. The molecule has 0 heterocycles. The van der Waals surface area contributed by atoms with Crippen molar-refractivity contribution in [1.82, 2.24) is 5.32 Å². The van der Waals surface area contributed by atoms with E-state index in [9.17, 15) is 9.18 Å². The number of carboxylic acids is 1. The van der Waals surface area contributed by atoms with Crippen molar-refractivity contribution < 1.29 is 14.3 Å². The molecule has 2 N–H and O–H groups in total. The van der Waals surface area contributed by atoms with Crippen LogP contribution in [0.25, 0.3) is 0 Å². The first kappa shape index (κ1) is 14.4. The molecule has 0 bridgehead atoms. The Balaban J connectivity index is 3.38. The second-order valence-corrected chi connectivity index (χ2v) is 4.07. The van der Waals surface area contributed by atoms with Gasteiger partial charge < -0.3 is 10.4 Å². The van der Waals surface area contributed by atoms with Crippen molar-refractivity contribution in [2.45, 2.75) is 45.6 Å². The summed E-state index contributed by atoms with van der Waals surface area (Å²) in [7, 11) is 0. The molecule has 0 aromatic heterocycles. The van der Waals surface area contributed by atoms with E-state index < -0.39 is 5.97 Å². The molecule has 15 heavy (non-hydrogen) atoms. The van der Waals surface area contributed by atoms with Gasteiger partial charge in [-0.3, -0.25) is 9.18 Å². The third-order valence-corrected chi connectivity index (χ3v) is 2.50. The lowest BCUT2D eigenvalue weighted by atomic mass is 10.0. The van der Waals surface area contributed by atoms with E-state index in [1.807, 2.05) is 6.92 Å². The van der Waals surface area contributed by atoms with Crippen LogP contribution in [0.15, 0.2) is 0 Å². The van der Waals surface area contributed by atoms with Gasteiger partial charge in [0, 0.05) is 6.04 Å². The van der Waals surface area contributed by atoms with Gasteiger partial charge in [-0.2, -0.15) is 0 Å². The quantitative estimate of drug-likeness (QED) is 0.584. The fourth-order valence-electron chi connectivity index (χ4n) is 1.37. The van der Waals surface area contributed by atoms with Crippen molar-refractivity contribution in [2.75, 3.05) is 13.2 Å². The van der Waals surface area contributed by atoms with Gasteiger partial charge in [-0.15, -0.1) is 0 Å². The Hall–Kier alpha value is -0.640. The summed E-state index contributed by atoms with van der Waals surface area (Å²) in [5.74, 6) is -0.990. The summed E-state index contributed by atoms with van der Waals surface area (Å²) in [6.45, 7) is 4.19. The van der Waals surface area contributed by atoms with Gasteiger partial charge >= 0.3 is 5.97 Å². The first-order valence-electron chi connectivity index (χ1n) is 5.60. The van der Waals surface area contributed by atoms with E-state index in [4.69, 9.17) is 5.11 Å². The maximum atomic E-state index is 11.8. The van der Waals surface area contributed by atoms with Crippen LogP contribution >= 0.6 is 0 Å². The molecule has 0 amide bonds. The topological polar surface area (TPSA) is 49.3 Å². The van der Waals surface area contributed by atoms with Gasteiger partial charge in [-0.05, 0) is 32.7 Å². The summed E-state index contributed by atoms with van der Waals surface area (Å²) in [6, 6.07) is 0.345. The first-order valence-corrected chi connectivity index (χ1v) is 5.60. The molecule has 90 valence electrons. The average molecular weight is 219 g/mol. The Morgan fingerprint density at radius 3 is 2.53 bits per heavy atom. The van der Waals surface area contributed by atoms with Crippen LogP contribution in [0, 0.1) is 5.92 Å². The van der Waals surface area contributed by atoms with Gasteiger partial charge in [0.05, 0.1) is 12.6 Å². The average Bonchev–Trinajstić information content (AvgIpc) is 2.18. The van der Waals surface area contributed by atoms with Gasteiger partial charge in [0.25, 0.3) is 0 Å². The molecule has 0 aromatic carbocycles. The second-order valence-electron chi connectivity index (χ2n) is 4.07. The van der Waals surface area contributed by atoms with Crippen LogP contribution in [0.5, 0.6) is 0 Å². The Kier molecular flexibility index (Phi) is 8.28. The van der Waals surface area contributed by atoms with Gasteiger partial charge in [0.1, 0.15) is 0 Å². The number of carboxylic acid groups (broad SMARTS) is 1. The van der Waals surface area contributed by atoms with Crippen molar-refractivity contribution in [3.63, 3.8) is 0 Å². The van der Waals surface area contributed by atoms with E-state index in [1.165, 1.54) is 0 Å². The highest BCUT2D eigenvalue weighted by molar-refractivity contribution is 5.69. The van der Waals surface area contributed by atoms with Gasteiger partial charge in [0.15, 0.2) is 0 Å². The SMILES string of the molecule is CC(CCCC(C)C(=O)O)NCCCF. The summed E-state index contributed by atoms with van der Waals surface area (Å²) in [5, 5.41) is 11.9. The lowest BCUT2D eigenvalue weighted by Gasteiger charge is -2.13. The minimum absolute atomic E-state index is 0.261. The lowest BCUT2D eigenvalue weighted by Crippen LogP contribution is -2.27. The first-order chi connectivity index (χ1) is 7.07. The summed E-state index contributed by atoms with van der Waals surface area (Å²) < 4.78 is 11.8. The van der Waals surface area contributed by atoms with E-state index >= 15 is 0 Å². The lowest BCUT2D eigenvalue weighted by molar-refractivity contribution is -0.141. The highest BCUT2D eigenvalue weighted by atomic mass is 19.1. The number of aliphatic carboxylic acids is 1. The van der Waals surface area contributed by atoms with Crippen LogP contribution in [0.3, 0.4) is 0 Å². The third kappa shape index (κ3) is 8.36. The van der Waals surface area contributed by atoms with Crippen LogP contribution in [-0.2, 0) is 4.79 Å². The van der Waals surface area contributed by atoms with E-state index in [1.54, 1.807) is 6.92 Å². The molecule has 0 aliphatic heterocycles. The van der Waals surface area contributed by atoms with Crippen molar-refractivity contribution in [3.05, 3.63) is 0 Å². The Morgan fingerprint density at radius 1 is 1.33 bits per heavy atom. The number of nitrogens with one attached hydrogen (secondary N) is 1. The zero-order valence-electron chi connectivity index (χ0n) is 9.63. The molecule has 0 radical (unpaired) electrons. The molecule has 4 heteroatoms. The minimum Gasteiger partial charge on any atom is -0.481 e. The normalized spacial score (nSPS) is 14.9. The number of halogens is 1. The molecule has 0 fully saturated rings. The van der Waals surface area contributed by atoms with Gasteiger partial charge in [-0.1, -0.05) is 13.3 Å². The predicted molar refractivity (Wildman–Crippen MR) is 58.7 cm³/mol. The molecule has 0 rings (SSSR count). The number of hydrogen-bond acceptors (Lipinski definition) is 2. The Morgan fingerprint density at radius 2 is 2.00 bits per heavy atom. The number of rotatable bonds is 9. The van der Waals surface area contributed by atoms with Crippen molar-refractivity contribution >= 4 is 5.97 Å². The highest BCUT2D eigenvalue weighted by Crippen LogP contribution is 2.09. The number of alkyl halides is 1. The fourth-order valence-corrected chi connectivity index (χ4v) is 1.37. The zero-order valence-corrected chi connectivity index (χ0v) is 9.63. The molecule has 0 aromatic rings. The maximum absolute atomic E-state index is 11.8. The van der Waals surface area contributed by atoms with Crippen molar-refractivity contribution in [3.8, 4) is 0 Å². The molecule has 0 spiro atoms. The summed E-state index contributed by atoms with van der Waals surface area (Å²) in [5.41, 5.74) is 0. The largest absolute Gasteiger partial charge is 0.481 e. The van der Waals surface area contributed by atoms with Crippen molar-refractivity contribution in [1.29, 1.82) is 0 Å². The molecule has 0 aliphatic rings. The maximum Gasteiger partial charge on any atom is 0.306 e. The summed E-state index contributed by atoms with van der Waals surface area (Å²) >= 11 is 0. The van der Waals surface area contributed by atoms with Crippen LogP contribution < -0.4 is 5.32 Å². The molecule has 0 aliphatic carbocycles. The molecular weight excluding hydrogens is 197 g/mol. The van der Waals surface area contributed by atoms with Crippen molar-refractivity contribution in [2.24, 2.45) is 5.92 Å². The molecule has 2 unspecified atom stereocenters. The fraction of sp³-hybridized carbons (Fsp3) is 0.909.